The van der Waals surface area contributed by atoms with Gasteiger partial charge >= 0.3 is 0 Å². The normalized spacial score (nSPS) is 28.1. The van der Waals surface area contributed by atoms with Gasteiger partial charge in [-0.2, -0.15) is 0 Å². The van der Waals surface area contributed by atoms with Crippen LogP contribution in [0.1, 0.15) is 60.3 Å². The third-order valence-corrected chi connectivity index (χ3v) is 3.24. The van der Waals surface area contributed by atoms with Crippen LogP contribution in [0.25, 0.3) is 0 Å². The summed E-state index contributed by atoms with van der Waals surface area (Å²) < 4.78 is 22.6. The minimum atomic E-state index is -0.159. The van der Waals surface area contributed by atoms with Gasteiger partial charge in [0.2, 0.25) is 0 Å². The van der Waals surface area contributed by atoms with E-state index in [1.165, 1.54) is 0 Å². The lowest BCUT2D eigenvalue weighted by Crippen LogP contribution is -2.34. The number of hydrogen-bond donors (Lipinski definition) is 0. The van der Waals surface area contributed by atoms with Crippen molar-refractivity contribution < 1.29 is 18.9 Å². The van der Waals surface area contributed by atoms with Crippen LogP contribution in [0, 0.1) is 0 Å². The predicted molar refractivity (Wildman–Crippen MR) is 75.0 cm³/mol. The zero-order valence-corrected chi connectivity index (χ0v) is 13.3. The van der Waals surface area contributed by atoms with E-state index in [2.05, 4.69) is 0 Å². The molecule has 0 amide bonds. The summed E-state index contributed by atoms with van der Waals surface area (Å²) in [5, 5.41) is 0. The molecule has 0 aliphatic heterocycles. The van der Waals surface area contributed by atoms with Gasteiger partial charge in [-0.15, -0.1) is 0 Å². The monoisotopic (exact) mass is 274 g/mol. The van der Waals surface area contributed by atoms with Crippen LogP contribution in [0.5, 0.6) is 0 Å². The average Bonchev–Trinajstić information content (AvgIpc) is 2.29. The molecule has 19 heavy (non-hydrogen) atoms. The summed E-state index contributed by atoms with van der Waals surface area (Å²) >= 11 is 0. The lowest BCUT2D eigenvalue weighted by Gasteiger charge is -2.33. The summed E-state index contributed by atoms with van der Waals surface area (Å²) in [6.45, 7) is 10.0. The standard InChI is InChI=1S/C15H30O4/c1-11(16-6)17-13-7-9-14(10-8-13)18-12(2)19-15(3,4)5/h11-14H,7-10H2,1-6H3. The lowest BCUT2D eigenvalue weighted by atomic mass is 9.95. The Hall–Kier alpha value is -0.160. The second-order valence-corrected chi connectivity index (χ2v) is 6.27. The first-order valence-corrected chi connectivity index (χ1v) is 7.31. The van der Waals surface area contributed by atoms with E-state index >= 15 is 0 Å². The van der Waals surface area contributed by atoms with E-state index in [-0.39, 0.29) is 24.3 Å². The molecule has 0 bridgehead atoms. The Morgan fingerprint density at radius 3 is 1.63 bits per heavy atom. The van der Waals surface area contributed by atoms with E-state index in [1.54, 1.807) is 7.11 Å². The van der Waals surface area contributed by atoms with E-state index in [1.807, 2.05) is 34.6 Å². The molecule has 0 saturated heterocycles. The molecule has 0 radical (unpaired) electrons. The van der Waals surface area contributed by atoms with Crippen LogP contribution < -0.4 is 0 Å². The largest absolute Gasteiger partial charge is 0.356 e. The van der Waals surface area contributed by atoms with Crippen molar-refractivity contribution in [1.29, 1.82) is 0 Å². The van der Waals surface area contributed by atoms with Gasteiger partial charge in [0, 0.05) is 7.11 Å². The summed E-state index contributed by atoms with van der Waals surface area (Å²) in [6, 6.07) is 0. The predicted octanol–water partition coefficient (Wildman–Crippen LogP) is 3.48. The van der Waals surface area contributed by atoms with E-state index < -0.39 is 0 Å². The smallest absolute Gasteiger partial charge is 0.155 e. The van der Waals surface area contributed by atoms with Crippen molar-refractivity contribution in [2.24, 2.45) is 0 Å². The molecule has 1 rings (SSSR count). The number of methoxy groups -OCH3 is 1. The summed E-state index contributed by atoms with van der Waals surface area (Å²) in [7, 11) is 1.67. The molecule has 0 spiro atoms. The highest BCUT2D eigenvalue weighted by Gasteiger charge is 2.26. The second kappa shape index (κ2) is 7.58. The zero-order valence-electron chi connectivity index (χ0n) is 13.3. The molecule has 0 aromatic carbocycles. The van der Waals surface area contributed by atoms with Gasteiger partial charge in [0.05, 0.1) is 17.8 Å². The van der Waals surface area contributed by atoms with Gasteiger partial charge in [-0.1, -0.05) is 0 Å². The van der Waals surface area contributed by atoms with Crippen LogP contribution in [0.4, 0.5) is 0 Å². The maximum atomic E-state index is 5.94. The molecule has 2 atom stereocenters. The maximum Gasteiger partial charge on any atom is 0.155 e. The van der Waals surface area contributed by atoms with Crippen LogP contribution in [0.3, 0.4) is 0 Å². The van der Waals surface area contributed by atoms with Crippen molar-refractivity contribution in [1.82, 2.24) is 0 Å². The fraction of sp³-hybridized carbons (Fsp3) is 1.00. The van der Waals surface area contributed by atoms with Crippen LogP contribution in [-0.4, -0.2) is 37.5 Å². The van der Waals surface area contributed by atoms with Gasteiger partial charge in [0.15, 0.2) is 12.6 Å². The Kier molecular flexibility index (Phi) is 6.74. The first-order chi connectivity index (χ1) is 8.80. The first-order valence-electron chi connectivity index (χ1n) is 7.31. The van der Waals surface area contributed by atoms with E-state index in [4.69, 9.17) is 18.9 Å². The minimum absolute atomic E-state index is 0.120. The first kappa shape index (κ1) is 16.9. The van der Waals surface area contributed by atoms with Crippen molar-refractivity contribution in [3.63, 3.8) is 0 Å². The Bertz CT molecular complexity index is 241. The number of hydrogen-bond acceptors (Lipinski definition) is 4. The van der Waals surface area contributed by atoms with Crippen molar-refractivity contribution in [2.45, 2.75) is 90.7 Å². The minimum Gasteiger partial charge on any atom is -0.356 e. The van der Waals surface area contributed by atoms with Crippen molar-refractivity contribution in [2.75, 3.05) is 7.11 Å². The molecule has 0 N–H and O–H groups in total. The summed E-state index contributed by atoms with van der Waals surface area (Å²) in [5.41, 5.74) is -0.159. The molecule has 0 aromatic heterocycles. The van der Waals surface area contributed by atoms with Gasteiger partial charge in [0.1, 0.15) is 0 Å². The van der Waals surface area contributed by atoms with E-state index in [0.717, 1.165) is 25.7 Å². The Morgan fingerprint density at radius 2 is 1.26 bits per heavy atom. The molecule has 4 heteroatoms. The molecule has 0 heterocycles. The second-order valence-electron chi connectivity index (χ2n) is 6.27. The molecule has 2 unspecified atom stereocenters. The van der Waals surface area contributed by atoms with Crippen molar-refractivity contribution in [3.05, 3.63) is 0 Å². The summed E-state index contributed by atoms with van der Waals surface area (Å²) in [5.74, 6) is 0. The zero-order chi connectivity index (χ0) is 14.5. The van der Waals surface area contributed by atoms with Crippen LogP contribution in [0.15, 0.2) is 0 Å². The molecule has 1 aliphatic carbocycles. The topological polar surface area (TPSA) is 36.9 Å². The SMILES string of the molecule is COC(C)OC1CCC(OC(C)OC(C)(C)C)CC1. The molecule has 1 fully saturated rings. The van der Waals surface area contributed by atoms with Gasteiger partial charge < -0.3 is 18.9 Å². The molecule has 114 valence electrons. The number of ether oxygens (including phenoxy) is 4. The van der Waals surface area contributed by atoms with Gasteiger partial charge in [-0.05, 0) is 60.3 Å². The summed E-state index contributed by atoms with van der Waals surface area (Å²) in [6.07, 6.45) is 4.42. The lowest BCUT2D eigenvalue weighted by molar-refractivity contribution is -0.218. The van der Waals surface area contributed by atoms with Crippen LogP contribution in [-0.2, 0) is 18.9 Å². The summed E-state index contributed by atoms with van der Waals surface area (Å²) in [4.78, 5) is 0. The van der Waals surface area contributed by atoms with Crippen LogP contribution >= 0.6 is 0 Å². The quantitative estimate of drug-likeness (QED) is 0.695. The highest BCUT2D eigenvalue weighted by molar-refractivity contribution is 4.74. The van der Waals surface area contributed by atoms with Gasteiger partial charge in [0.25, 0.3) is 0 Å². The van der Waals surface area contributed by atoms with Gasteiger partial charge in [-0.3, -0.25) is 0 Å². The molecular weight excluding hydrogens is 244 g/mol. The molecule has 1 saturated carbocycles. The Labute approximate surface area is 117 Å². The maximum absolute atomic E-state index is 5.94. The van der Waals surface area contributed by atoms with Crippen LogP contribution in [0.2, 0.25) is 0 Å². The highest BCUT2D eigenvalue weighted by Crippen LogP contribution is 2.26. The molecule has 1 aliphatic rings. The van der Waals surface area contributed by atoms with E-state index in [9.17, 15) is 0 Å². The third-order valence-electron chi connectivity index (χ3n) is 3.24. The molecule has 0 aromatic rings. The molecular formula is C15H30O4. The van der Waals surface area contributed by atoms with E-state index in [0.29, 0.717) is 6.10 Å². The van der Waals surface area contributed by atoms with Gasteiger partial charge in [-0.25, -0.2) is 0 Å². The van der Waals surface area contributed by atoms with Crippen molar-refractivity contribution >= 4 is 0 Å². The third kappa shape index (κ3) is 7.25. The average molecular weight is 274 g/mol. The highest BCUT2D eigenvalue weighted by atomic mass is 16.7. The van der Waals surface area contributed by atoms with Crippen molar-refractivity contribution in [3.8, 4) is 0 Å². The Balaban J connectivity index is 2.23. The Morgan fingerprint density at radius 1 is 0.842 bits per heavy atom. The fourth-order valence-electron chi connectivity index (χ4n) is 2.43. The fourth-order valence-corrected chi connectivity index (χ4v) is 2.43. The molecule has 4 nitrogen and oxygen atoms in total. The number of rotatable bonds is 6.